The molecule has 0 aliphatic carbocycles. The van der Waals surface area contributed by atoms with E-state index in [1.54, 1.807) is 78.9 Å². The van der Waals surface area contributed by atoms with E-state index in [2.05, 4.69) is 10.5 Å². The van der Waals surface area contributed by atoms with Gasteiger partial charge >= 0.3 is 0 Å². The number of halogens is 1. The lowest BCUT2D eigenvalue weighted by Gasteiger charge is -2.21. The summed E-state index contributed by atoms with van der Waals surface area (Å²) in [5.74, 6) is 1.19. The molecule has 208 valence electrons. The fourth-order valence-electron chi connectivity index (χ4n) is 3.76. The summed E-state index contributed by atoms with van der Waals surface area (Å²) in [6, 6.07) is 21.7. The fraction of sp³-hybridized carbons (Fsp3) is 0.172. The average Bonchev–Trinajstić information content (AvgIpc) is 3.40. The highest BCUT2D eigenvalue weighted by Gasteiger charge is 2.26. The molecule has 0 spiro atoms. The standard InChI is InChI=1S/C29H28ClN3O6S/c1-20-4-12-28(13-5-20)40(35,36)33(18-21-6-8-23(30)9-7-21)19-25-11-10-24(39-25)17-31-32-29(34)22-14-26(37-2)16-27(15-22)38-3/h4-17H,18-19H2,1-3H3,(H,32,34)/b31-17-. The summed E-state index contributed by atoms with van der Waals surface area (Å²) in [5, 5.41) is 4.52. The molecule has 0 unspecified atom stereocenters. The number of benzene rings is 3. The van der Waals surface area contributed by atoms with Crippen LogP contribution in [-0.2, 0) is 23.1 Å². The molecule has 11 heteroatoms. The highest BCUT2D eigenvalue weighted by atomic mass is 35.5. The predicted molar refractivity (Wildman–Crippen MR) is 152 cm³/mol. The number of aryl methyl sites for hydroxylation is 1. The van der Waals surface area contributed by atoms with Gasteiger partial charge in [0.15, 0.2) is 0 Å². The summed E-state index contributed by atoms with van der Waals surface area (Å²) >= 11 is 6.01. The lowest BCUT2D eigenvalue weighted by molar-refractivity contribution is 0.0954. The van der Waals surface area contributed by atoms with Gasteiger partial charge in [0, 0.05) is 23.2 Å². The Morgan fingerprint density at radius 1 is 0.950 bits per heavy atom. The first-order valence-electron chi connectivity index (χ1n) is 12.1. The van der Waals surface area contributed by atoms with E-state index in [1.165, 1.54) is 24.7 Å². The van der Waals surface area contributed by atoms with Gasteiger partial charge in [0.05, 0.1) is 31.9 Å². The number of sulfonamides is 1. The fourth-order valence-corrected chi connectivity index (χ4v) is 5.28. The van der Waals surface area contributed by atoms with Crippen molar-refractivity contribution in [1.29, 1.82) is 0 Å². The Morgan fingerprint density at radius 2 is 1.60 bits per heavy atom. The smallest absolute Gasteiger partial charge is 0.271 e. The molecule has 1 heterocycles. The monoisotopic (exact) mass is 581 g/mol. The van der Waals surface area contributed by atoms with E-state index >= 15 is 0 Å². The first-order chi connectivity index (χ1) is 19.2. The highest BCUT2D eigenvalue weighted by Crippen LogP contribution is 2.24. The number of hydrogen-bond acceptors (Lipinski definition) is 7. The number of methoxy groups -OCH3 is 2. The Bertz CT molecular complexity index is 1580. The molecule has 0 aliphatic heterocycles. The van der Waals surface area contributed by atoms with Crippen LogP contribution in [0.5, 0.6) is 11.5 Å². The largest absolute Gasteiger partial charge is 0.497 e. The number of rotatable bonds is 11. The first kappa shape index (κ1) is 28.9. The lowest BCUT2D eigenvalue weighted by Crippen LogP contribution is -2.30. The van der Waals surface area contributed by atoms with Crippen LogP contribution in [0.3, 0.4) is 0 Å². The summed E-state index contributed by atoms with van der Waals surface area (Å²) in [5.41, 5.74) is 4.45. The van der Waals surface area contributed by atoms with Crippen molar-refractivity contribution in [1.82, 2.24) is 9.73 Å². The van der Waals surface area contributed by atoms with E-state index in [0.29, 0.717) is 33.6 Å². The quantitative estimate of drug-likeness (QED) is 0.187. The SMILES string of the molecule is COc1cc(OC)cc(C(=O)N/N=C\c2ccc(CN(Cc3ccc(Cl)cc3)S(=O)(=O)c3ccc(C)cc3)o2)c1. The molecule has 4 aromatic rings. The number of nitrogens with one attached hydrogen (secondary N) is 1. The van der Waals surface area contributed by atoms with Gasteiger partial charge in [-0.3, -0.25) is 4.79 Å². The number of ether oxygens (including phenoxy) is 2. The molecule has 0 aliphatic rings. The average molecular weight is 582 g/mol. The van der Waals surface area contributed by atoms with Crippen LogP contribution in [0.2, 0.25) is 5.02 Å². The summed E-state index contributed by atoms with van der Waals surface area (Å²) < 4.78 is 44.7. The third kappa shape index (κ3) is 7.29. The van der Waals surface area contributed by atoms with Crippen LogP contribution in [0.4, 0.5) is 0 Å². The van der Waals surface area contributed by atoms with Crippen LogP contribution in [0.15, 0.2) is 93.3 Å². The number of amides is 1. The Morgan fingerprint density at radius 3 is 2.23 bits per heavy atom. The van der Waals surface area contributed by atoms with E-state index in [9.17, 15) is 13.2 Å². The van der Waals surface area contributed by atoms with Gasteiger partial charge in [0.1, 0.15) is 23.0 Å². The van der Waals surface area contributed by atoms with Gasteiger partial charge in [-0.25, -0.2) is 13.8 Å². The highest BCUT2D eigenvalue weighted by molar-refractivity contribution is 7.89. The van der Waals surface area contributed by atoms with Crippen molar-refractivity contribution in [2.45, 2.75) is 24.9 Å². The van der Waals surface area contributed by atoms with Gasteiger partial charge in [-0.05, 0) is 61.0 Å². The minimum Gasteiger partial charge on any atom is -0.497 e. The predicted octanol–water partition coefficient (Wildman–Crippen LogP) is 5.41. The summed E-state index contributed by atoms with van der Waals surface area (Å²) in [6.45, 7) is 1.98. The number of hydrazone groups is 1. The lowest BCUT2D eigenvalue weighted by atomic mass is 10.2. The van der Waals surface area contributed by atoms with Crippen LogP contribution >= 0.6 is 11.6 Å². The Labute approximate surface area is 238 Å². The number of nitrogens with zero attached hydrogens (tertiary/aromatic N) is 2. The molecule has 9 nitrogen and oxygen atoms in total. The van der Waals surface area contributed by atoms with Crippen LogP contribution in [0, 0.1) is 6.92 Å². The minimum atomic E-state index is -3.86. The van der Waals surface area contributed by atoms with Crippen LogP contribution < -0.4 is 14.9 Å². The van der Waals surface area contributed by atoms with Crippen molar-refractivity contribution in [2.24, 2.45) is 5.10 Å². The van der Waals surface area contributed by atoms with Gasteiger partial charge < -0.3 is 13.9 Å². The van der Waals surface area contributed by atoms with Crippen molar-refractivity contribution in [3.8, 4) is 11.5 Å². The normalized spacial score (nSPS) is 11.6. The molecule has 0 radical (unpaired) electrons. The van der Waals surface area contributed by atoms with E-state index in [0.717, 1.165) is 11.1 Å². The van der Waals surface area contributed by atoms with Crippen molar-refractivity contribution in [3.05, 3.63) is 112 Å². The summed E-state index contributed by atoms with van der Waals surface area (Å²) in [7, 11) is -0.873. The molecule has 1 aromatic heterocycles. The van der Waals surface area contributed by atoms with E-state index in [4.69, 9.17) is 25.5 Å². The van der Waals surface area contributed by atoms with Gasteiger partial charge in [0.2, 0.25) is 10.0 Å². The zero-order valence-corrected chi connectivity index (χ0v) is 23.7. The van der Waals surface area contributed by atoms with Gasteiger partial charge in [0.25, 0.3) is 5.91 Å². The molecule has 40 heavy (non-hydrogen) atoms. The zero-order valence-electron chi connectivity index (χ0n) is 22.1. The topological polar surface area (TPSA) is 110 Å². The van der Waals surface area contributed by atoms with Gasteiger partial charge in [-0.2, -0.15) is 9.41 Å². The van der Waals surface area contributed by atoms with Gasteiger partial charge in [-0.1, -0.05) is 41.4 Å². The van der Waals surface area contributed by atoms with Crippen molar-refractivity contribution < 1.29 is 27.1 Å². The molecule has 0 saturated heterocycles. The second kappa shape index (κ2) is 12.8. The van der Waals surface area contributed by atoms with E-state index in [-0.39, 0.29) is 18.0 Å². The molecular weight excluding hydrogens is 554 g/mol. The molecule has 0 atom stereocenters. The Hall–Kier alpha value is -4.12. The van der Waals surface area contributed by atoms with Crippen molar-refractivity contribution >= 4 is 33.7 Å². The van der Waals surface area contributed by atoms with Gasteiger partial charge in [-0.15, -0.1) is 0 Å². The second-order valence-corrected chi connectivity index (χ2v) is 11.2. The molecule has 0 bridgehead atoms. The molecule has 0 saturated carbocycles. The molecule has 3 aromatic carbocycles. The van der Waals surface area contributed by atoms with Crippen LogP contribution in [0.1, 0.15) is 33.0 Å². The number of hydrogen-bond donors (Lipinski definition) is 1. The van der Waals surface area contributed by atoms with E-state index < -0.39 is 15.9 Å². The molecule has 0 fully saturated rings. The first-order valence-corrected chi connectivity index (χ1v) is 14.0. The summed E-state index contributed by atoms with van der Waals surface area (Å²) in [4.78, 5) is 12.7. The molecule has 1 amide bonds. The molecular formula is C29H28ClN3O6S. The van der Waals surface area contributed by atoms with E-state index in [1.807, 2.05) is 6.92 Å². The maximum atomic E-state index is 13.6. The molecule has 4 rings (SSSR count). The third-order valence-electron chi connectivity index (χ3n) is 5.92. The van der Waals surface area contributed by atoms with Crippen LogP contribution in [0.25, 0.3) is 0 Å². The Balaban J connectivity index is 1.50. The second-order valence-electron chi connectivity index (χ2n) is 8.82. The minimum absolute atomic E-state index is 0.0252. The summed E-state index contributed by atoms with van der Waals surface area (Å²) in [6.07, 6.45) is 1.33. The zero-order chi connectivity index (χ0) is 28.7. The Kier molecular flexibility index (Phi) is 9.26. The number of carbonyl (C=O) groups is 1. The number of carbonyl (C=O) groups excluding carboxylic acids is 1. The van der Waals surface area contributed by atoms with Crippen LogP contribution in [-0.4, -0.2) is 39.1 Å². The number of furan rings is 1. The maximum absolute atomic E-state index is 13.6. The maximum Gasteiger partial charge on any atom is 0.271 e. The molecule has 1 N–H and O–H groups in total. The van der Waals surface area contributed by atoms with Crippen molar-refractivity contribution in [2.75, 3.05) is 14.2 Å². The van der Waals surface area contributed by atoms with Crippen molar-refractivity contribution in [3.63, 3.8) is 0 Å². The third-order valence-corrected chi connectivity index (χ3v) is 7.97.